The summed E-state index contributed by atoms with van der Waals surface area (Å²) in [4.78, 5) is 28.7. The van der Waals surface area contributed by atoms with Crippen LogP contribution in [0.1, 0.15) is 31.9 Å². The van der Waals surface area contributed by atoms with Crippen molar-refractivity contribution in [2.24, 2.45) is 0 Å². The number of aromatic nitrogens is 2. The van der Waals surface area contributed by atoms with Crippen LogP contribution in [0.2, 0.25) is 0 Å². The van der Waals surface area contributed by atoms with Gasteiger partial charge in [0.05, 0.1) is 5.69 Å². The van der Waals surface area contributed by atoms with Crippen LogP contribution in [0, 0.1) is 0 Å². The molecule has 0 unspecified atom stereocenters. The molecule has 2 heterocycles. The molecule has 0 saturated carbocycles. The minimum Gasteiger partial charge on any atom is -0.487 e. The molecule has 1 N–H and O–H groups in total. The third-order valence-electron chi connectivity index (χ3n) is 3.64. The number of ether oxygens (including phenoxy) is 1. The van der Waals surface area contributed by atoms with Crippen molar-refractivity contribution in [1.82, 2.24) is 9.38 Å². The molecule has 0 aliphatic rings. The van der Waals surface area contributed by atoms with Crippen LogP contribution in [0.4, 0.5) is 5.69 Å². The average molecular weight is 357 g/mol. The predicted octanol–water partition coefficient (Wildman–Crippen LogP) is 3.46. The van der Waals surface area contributed by atoms with E-state index in [1.807, 2.05) is 5.38 Å². The third kappa shape index (κ3) is 4.45. The molecule has 7 heteroatoms. The highest BCUT2D eigenvalue weighted by Gasteiger charge is 2.05. The summed E-state index contributed by atoms with van der Waals surface area (Å²) in [5.41, 5.74) is 1.21. The lowest BCUT2D eigenvalue weighted by molar-refractivity contribution is -0.116. The Hall–Kier alpha value is -2.67. The standard InChI is InChI=1S/C18H19N3O3S/c1-2-3-4-16(22)19-13-5-7-15(8-6-13)24-12-14-11-17(23)21-9-10-25-18(21)20-14/h5-11H,2-4,12H2,1H3,(H,19,22). The summed E-state index contributed by atoms with van der Waals surface area (Å²) < 4.78 is 7.18. The number of amides is 1. The molecule has 0 fully saturated rings. The van der Waals surface area contributed by atoms with E-state index in [0.717, 1.165) is 18.5 Å². The van der Waals surface area contributed by atoms with Gasteiger partial charge in [-0.1, -0.05) is 13.3 Å². The normalized spacial score (nSPS) is 10.8. The van der Waals surface area contributed by atoms with Gasteiger partial charge in [-0.3, -0.25) is 14.0 Å². The Balaban J connectivity index is 1.59. The van der Waals surface area contributed by atoms with Crippen molar-refractivity contribution in [3.8, 4) is 5.75 Å². The summed E-state index contributed by atoms with van der Waals surface area (Å²) in [5.74, 6) is 0.671. The number of unbranched alkanes of at least 4 members (excludes halogenated alkanes) is 1. The lowest BCUT2D eigenvalue weighted by Gasteiger charge is -2.08. The first kappa shape index (κ1) is 17.2. The van der Waals surface area contributed by atoms with Gasteiger partial charge in [0, 0.05) is 29.8 Å². The first-order valence-electron chi connectivity index (χ1n) is 8.14. The number of nitrogens with one attached hydrogen (secondary N) is 1. The van der Waals surface area contributed by atoms with Crippen molar-refractivity contribution in [3.05, 3.63) is 58.0 Å². The average Bonchev–Trinajstić information content (AvgIpc) is 3.08. The van der Waals surface area contributed by atoms with Gasteiger partial charge in [-0.25, -0.2) is 4.98 Å². The third-order valence-corrected chi connectivity index (χ3v) is 4.40. The number of hydrogen-bond donors (Lipinski definition) is 1. The Morgan fingerprint density at radius 1 is 1.32 bits per heavy atom. The summed E-state index contributed by atoms with van der Waals surface area (Å²) in [6.07, 6.45) is 4.11. The molecule has 0 spiro atoms. The maximum atomic E-state index is 11.9. The van der Waals surface area contributed by atoms with Gasteiger partial charge in [0.15, 0.2) is 4.96 Å². The van der Waals surface area contributed by atoms with Crippen LogP contribution in [0.3, 0.4) is 0 Å². The fourth-order valence-electron chi connectivity index (χ4n) is 2.31. The van der Waals surface area contributed by atoms with E-state index in [2.05, 4.69) is 17.2 Å². The van der Waals surface area contributed by atoms with Crippen molar-refractivity contribution in [3.63, 3.8) is 0 Å². The van der Waals surface area contributed by atoms with Crippen LogP contribution >= 0.6 is 11.3 Å². The second-order valence-electron chi connectivity index (χ2n) is 5.61. The molecule has 0 bridgehead atoms. The van der Waals surface area contributed by atoms with E-state index < -0.39 is 0 Å². The van der Waals surface area contributed by atoms with Crippen molar-refractivity contribution in [2.75, 3.05) is 5.32 Å². The minimum atomic E-state index is -0.116. The van der Waals surface area contributed by atoms with Gasteiger partial charge in [-0.15, -0.1) is 11.3 Å². The molecule has 0 radical (unpaired) electrons. The second-order valence-corrected chi connectivity index (χ2v) is 6.48. The maximum absolute atomic E-state index is 11.9. The molecule has 3 rings (SSSR count). The fraction of sp³-hybridized carbons (Fsp3) is 0.278. The number of carbonyl (C=O) groups is 1. The van der Waals surface area contributed by atoms with E-state index in [0.29, 0.717) is 22.8 Å². The van der Waals surface area contributed by atoms with Gasteiger partial charge in [0.1, 0.15) is 12.4 Å². The largest absolute Gasteiger partial charge is 0.487 e. The molecular weight excluding hydrogens is 338 g/mol. The number of benzene rings is 1. The van der Waals surface area contributed by atoms with Crippen LogP contribution in [-0.4, -0.2) is 15.3 Å². The van der Waals surface area contributed by atoms with E-state index >= 15 is 0 Å². The van der Waals surface area contributed by atoms with Crippen molar-refractivity contribution in [2.45, 2.75) is 32.8 Å². The predicted molar refractivity (Wildman–Crippen MR) is 98.3 cm³/mol. The maximum Gasteiger partial charge on any atom is 0.258 e. The number of carbonyl (C=O) groups excluding carboxylic acids is 1. The molecule has 1 amide bonds. The summed E-state index contributed by atoms with van der Waals surface area (Å²) >= 11 is 1.41. The van der Waals surface area contributed by atoms with E-state index in [1.165, 1.54) is 21.8 Å². The molecule has 1 aromatic carbocycles. The quantitative estimate of drug-likeness (QED) is 0.703. The van der Waals surface area contributed by atoms with Crippen LogP contribution in [0.5, 0.6) is 5.75 Å². The van der Waals surface area contributed by atoms with Gasteiger partial charge in [-0.05, 0) is 30.7 Å². The highest BCUT2D eigenvalue weighted by Crippen LogP contribution is 2.17. The zero-order valence-electron chi connectivity index (χ0n) is 13.9. The fourth-order valence-corrected chi connectivity index (χ4v) is 3.05. The van der Waals surface area contributed by atoms with Crippen LogP contribution in [0.15, 0.2) is 46.7 Å². The molecule has 0 aliphatic carbocycles. The lowest BCUT2D eigenvalue weighted by atomic mass is 10.2. The van der Waals surface area contributed by atoms with Crippen molar-refractivity contribution in [1.29, 1.82) is 0 Å². The molecule has 3 aromatic rings. The first-order valence-corrected chi connectivity index (χ1v) is 9.02. The molecule has 0 aliphatic heterocycles. The highest BCUT2D eigenvalue weighted by molar-refractivity contribution is 7.15. The Morgan fingerprint density at radius 3 is 2.88 bits per heavy atom. The number of fused-ring (bicyclic) bond motifs is 1. The van der Waals surface area contributed by atoms with E-state index in [-0.39, 0.29) is 18.1 Å². The smallest absolute Gasteiger partial charge is 0.258 e. The highest BCUT2D eigenvalue weighted by atomic mass is 32.1. The van der Waals surface area contributed by atoms with Gasteiger partial charge in [-0.2, -0.15) is 0 Å². The summed E-state index contributed by atoms with van der Waals surface area (Å²) in [7, 11) is 0. The van der Waals surface area contributed by atoms with Crippen molar-refractivity contribution >= 4 is 27.9 Å². The van der Waals surface area contributed by atoms with E-state index in [1.54, 1.807) is 30.5 Å². The van der Waals surface area contributed by atoms with Gasteiger partial charge in [0.25, 0.3) is 5.56 Å². The number of anilines is 1. The molecule has 6 nitrogen and oxygen atoms in total. The molecule has 0 saturated heterocycles. The van der Waals surface area contributed by atoms with Gasteiger partial charge >= 0.3 is 0 Å². The number of thiazole rings is 1. The summed E-state index contributed by atoms with van der Waals surface area (Å²) in [5, 5.41) is 4.67. The minimum absolute atomic E-state index is 0.0180. The molecule has 25 heavy (non-hydrogen) atoms. The van der Waals surface area contributed by atoms with Crippen LogP contribution in [-0.2, 0) is 11.4 Å². The van der Waals surface area contributed by atoms with Crippen LogP contribution < -0.4 is 15.6 Å². The Morgan fingerprint density at radius 2 is 2.12 bits per heavy atom. The van der Waals surface area contributed by atoms with E-state index in [9.17, 15) is 9.59 Å². The monoisotopic (exact) mass is 357 g/mol. The Labute approximate surface area is 149 Å². The van der Waals surface area contributed by atoms with Gasteiger partial charge < -0.3 is 10.1 Å². The van der Waals surface area contributed by atoms with Crippen LogP contribution in [0.25, 0.3) is 4.96 Å². The molecule has 130 valence electrons. The molecule has 0 atom stereocenters. The molecule has 2 aromatic heterocycles. The topological polar surface area (TPSA) is 72.7 Å². The second kappa shape index (κ2) is 7.94. The Kier molecular flexibility index (Phi) is 5.45. The molecular formula is C18H19N3O3S. The zero-order valence-corrected chi connectivity index (χ0v) is 14.7. The number of hydrogen-bond acceptors (Lipinski definition) is 5. The van der Waals surface area contributed by atoms with E-state index in [4.69, 9.17) is 4.74 Å². The van der Waals surface area contributed by atoms with Crippen molar-refractivity contribution < 1.29 is 9.53 Å². The zero-order chi connectivity index (χ0) is 17.6. The number of nitrogens with zero attached hydrogens (tertiary/aromatic N) is 2. The SMILES string of the molecule is CCCCC(=O)Nc1ccc(OCc2cc(=O)n3ccsc3n2)cc1. The number of rotatable bonds is 7. The first-order chi connectivity index (χ1) is 12.2. The lowest BCUT2D eigenvalue weighted by Crippen LogP contribution is -2.14. The Bertz CT molecular complexity index is 915. The summed E-state index contributed by atoms with van der Waals surface area (Å²) in [6.45, 7) is 2.27. The van der Waals surface area contributed by atoms with Gasteiger partial charge in [0.2, 0.25) is 5.91 Å². The summed E-state index contributed by atoms with van der Waals surface area (Å²) in [6, 6.07) is 8.63.